The molecule has 5 nitrogen and oxygen atoms in total. The Labute approximate surface area is 166 Å². The molecular formula is C23H28N2O3. The Morgan fingerprint density at radius 2 is 1.82 bits per heavy atom. The van der Waals surface area contributed by atoms with Gasteiger partial charge in [-0.1, -0.05) is 18.2 Å². The number of amides is 2. The maximum absolute atomic E-state index is 12.5. The second-order valence-electron chi connectivity index (χ2n) is 7.25. The first-order chi connectivity index (χ1) is 13.6. The summed E-state index contributed by atoms with van der Waals surface area (Å²) in [5.74, 6) is 0.868. The van der Waals surface area contributed by atoms with Gasteiger partial charge in [-0.3, -0.25) is 9.59 Å². The van der Waals surface area contributed by atoms with Crippen molar-refractivity contribution in [3.63, 3.8) is 0 Å². The predicted octanol–water partition coefficient (Wildman–Crippen LogP) is 4.42. The highest BCUT2D eigenvalue weighted by Crippen LogP contribution is 2.17. The van der Waals surface area contributed by atoms with Crippen molar-refractivity contribution >= 4 is 17.5 Å². The van der Waals surface area contributed by atoms with E-state index in [9.17, 15) is 9.59 Å². The fourth-order valence-corrected chi connectivity index (χ4v) is 3.34. The van der Waals surface area contributed by atoms with E-state index in [1.54, 1.807) is 12.1 Å². The SMILES string of the molecule is Cc1cccc(OCCCCC(=O)Nc2cccc(C(=O)N3CCCC3)c2)c1. The lowest BCUT2D eigenvalue weighted by molar-refractivity contribution is -0.116. The lowest BCUT2D eigenvalue weighted by Crippen LogP contribution is -2.27. The molecule has 0 aliphatic carbocycles. The van der Waals surface area contributed by atoms with Crippen molar-refractivity contribution in [2.24, 2.45) is 0 Å². The number of benzene rings is 2. The number of anilines is 1. The summed E-state index contributed by atoms with van der Waals surface area (Å²) < 4.78 is 5.70. The summed E-state index contributed by atoms with van der Waals surface area (Å²) in [6, 6.07) is 15.2. The van der Waals surface area contributed by atoms with Gasteiger partial charge in [0.2, 0.25) is 5.91 Å². The molecule has 28 heavy (non-hydrogen) atoms. The minimum absolute atomic E-state index is 0.0404. The lowest BCUT2D eigenvalue weighted by Gasteiger charge is -2.15. The number of rotatable bonds is 8. The summed E-state index contributed by atoms with van der Waals surface area (Å²) in [4.78, 5) is 26.5. The van der Waals surface area contributed by atoms with Gasteiger partial charge < -0.3 is 15.0 Å². The molecule has 0 saturated carbocycles. The molecule has 0 spiro atoms. The Morgan fingerprint density at radius 3 is 2.61 bits per heavy atom. The number of unbranched alkanes of at least 4 members (excludes halogenated alkanes) is 1. The van der Waals surface area contributed by atoms with Crippen molar-refractivity contribution < 1.29 is 14.3 Å². The summed E-state index contributed by atoms with van der Waals surface area (Å²) in [5, 5.41) is 2.89. The average molecular weight is 380 g/mol. The Balaban J connectivity index is 1.39. The summed E-state index contributed by atoms with van der Waals surface area (Å²) in [6.07, 6.45) is 4.13. The van der Waals surface area contributed by atoms with Crippen molar-refractivity contribution in [3.8, 4) is 5.75 Å². The second kappa shape index (κ2) is 9.93. The van der Waals surface area contributed by atoms with E-state index >= 15 is 0 Å². The van der Waals surface area contributed by atoms with Gasteiger partial charge in [-0.25, -0.2) is 0 Å². The minimum Gasteiger partial charge on any atom is -0.494 e. The zero-order valence-corrected chi connectivity index (χ0v) is 16.4. The molecule has 2 amide bonds. The van der Waals surface area contributed by atoms with Crippen LogP contribution >= 0.6 is 0 Å². The number of ether oxygens (including phenoxy) is 1. The fourth-order valence-electron chi connectivity index (χ4n) is 3.34. The van der Waals surface area contributed by atoms with E-state index in [-0.39, 0.29) is 11.8 Å². The van der Waals surface area contributed by atoms with Gasteiger partial charge in [-0.2, -0.15) is 0 Å². The van der Waals surface area contributed by atoms with Gasteiger partial charge in [0.1, 0.15) is 5.75 Å². The number of nitrogens with zero attached hydrogens (tertiary/aromatic N) is 1. The molecule has 1 aliphatic rings. The van der Waals surface area contributed by atoms with Crippen molar-refractivity contribution in [1.82, 2.24) is 4.90 Å². The lowest BCUT2D eigenvalue weighted by atomic mass is 10.1. The Hall–Kier alpha value is -2.82. The first kappa shape index (κ1) is 19.9. The number of hydrogen-bond donors (Lipinski definition) is 1. The van der Waals surface area contributed by atoms with Crippen LogP contribution in [0.25, 0.3) is 0 Å². The third kappa shape index (κ3) is 5.84. The smallest absolute Gasteiger partial charge is 0.253 e. The Bertz CT molecular complexity index is 813. The molecule has 1 aliphatic heterocycles. The van der Waals surface area contributed by atoms with Crippen LogP contribution in [0.5, 0.6) is 5.75 Å². The number of likely N-dealkylation sites (tertiary alicyclic amines) is 1. The molecule has 1 N–H and O–H groups in total. The van der Waals surface area contributed by atoms with E-state index in [1.165, 1.54) is 5.56 Å². The van der Waals surface area contributed by atoms with Gasteiger partial charge in [0, 0.05) is 30.8 Å². The highest BCUT2D eigenvalue weighted by atomic mass is 16.5. The summed E-state index contributed by atoms with van der Waals surface area (Å²) in [5.41, 5.74) is 2.47. The Morgan fingerprint density at radius 1 is 1.04 bits per heavy atom. The highest BCUT2D eigenvalue weighted by Gasteiger charge is 2.19. The van der Waals surface area contributed by atoms with Crippen molar-refractivity contribution in [1.29, 1.82) is 0 Å². The van der Waals surface area contributed by atoms with Crippen molar-refractivity contribution in [2.75, 3.05) is 25.0 Å². The predicted molar refractivity (Wildman–Crippen MR) is 111 cm³/mol. The van der Waals surface area contributed by atoms with Crippen LogP contribution in [0.15, 0.2) is 48.5 Å². The number of aryl methyl sites for hydroxylation is 1. The van der Waals surface area contributed by atoms with Crippen LogP contribution in [-0.4, -0.2) is 36.4 Å². The molecule has 3 rings (SSSR count). The third-order valence-corrected chi connectivity index (χ3v) is 4.84. The number of carbonyl (C=O) groups is 2. The van der Waals surface area contributed by atoms with Gasteiger partial charge in [-0.05, 0) is 68.5 Å². The van der Waals surface area contributed by atoms with E-state index in [2.05, 4.69) is 5.32 Å². The molecular weight excluding hydrogens is 352 g/mol. The van der Waals surface area contributed by atoms with E-state index < -0.39 is 0 Å². The summed E-state index contributed by atoms with van der Waals surface area (Å²) in [6.45, 7) is 4.27. The molecule has 0 atom stereocenters. The maximum atomic E-state index is 12.5. The molecule has 0 aromatic heterocycles. The number of carbonyl (C=O) groups excluding carboxylic acids is 2. The molecule has 1 fully saturated rings. The van der Waals surface area contributed by atoms with Crippen LogP contribution < -0.4 is 10.1 Å². The molecule has 2 aromatic carbocycles. The van der Waals surface area contributed by atoms with Gasteiger partial charge in [0.05, 0.1) is 6.61 Å². The van der Waals surface area contributed by atoms with Crippen LogP contribution in [0, 0.1) is 6.92 Å². The van der Waals surface area contributed by atoms with Crippen LogP contribution in [-0.2, 0) is 4.79 Å². The molecule has 5 heteroatoms. The van der Waals surface area contributed by atoms with Gasteiger partial charge in [-0.15, -0.1) is 0 Å². The van der Waals surface area contributed by atoms with Gasteiger partial charge >= 0.3 is 0 Å². The van der Waals surface area contributed by atoms with Gasteiger partial charge in [0.25, 0.3) is 5.91 Å². The summed E-state index contributed by atoms with van der Waals surface area (Å²) >= 11 is 0. The first-order valence-electron chi connectivity index (χ1n) is 10.0. The molecule has 0 radical (unpaired) electrons. The normalized spacial score (nSPS) is 13.4. The molecule has 2 aromatic rings. The minimum atomic E-state index is -0.0404. The molecule has 0 bridgehead atoms. The van der Waals surface area contributed by atoms with Gasteiger partial charge in [0.15, 0.2) is 0 Å². The maximum Gasteiger partial charge on any atom is 0.253 e. The fraction of sp³-hybridized carbons (Fsp3) is 0.391. The standard InChI is InChI=1S/C23H28N2O3/c1-18-8-6-11-21(16-18)28-15-5-2-12-22(26)24-20-10-7-9-19(17-20)23(27)25-13-3-4-14-25/h6-11,16-17H,2-5,12-15H2,1H3,(H,24,26). The van der Waals surface area contributed by atoms with Crippen LogP contribution in [0.4, 0.5) is 5.69 Å². The summed E-state index contributed by atoms with van der Waals surface area (Å²) in [7, 11) is 0. The van der Waals surface area contributed by atoms with E-state index in [0.717, 1.165) is 44.5 Å². The molecule has 1 saturated heterocycles. The monoisotopic (exact) mass is 380 g/mol. The van der Waals surface area contributed by atoms with E-state index in [0.29, 0.717) is 24.3 Å². The number of nitrogens with one attached hydrogen (secondary N) is 1. The highest BCUT2D eigenvalue weighted by molar-refractivity contribution is 5.97. The molecule has 1 heterocycles. The van der Waals surface area contributed by atoms with E-state index in [1.807, 2.05) is 48.2 Å². The molecule has 148 valence electrons. The first-order valence-corrected chi connectivity index (χ1v) is 10.0. The Kier molecular flexibility index (Phi) is 7.06. The van der Waals surface area contributed by atoms with Crippen molar-refractivity contribution in [2.45, 2.75) is 39.0 Å². The third-order valence-electron chi connectivity index (χ3n) is 4.84. The zero-order valence-electron chi connectivity index (χ0n) is 16.4. The second-order valence-corrected chi connectivity index (χ2v) is 7.25. The largest absolute Gasteiger partial charge is 0.494 e. The van der Waals surface area contributed by atoms with E-state index in [4.69, 9.17) is 4.74 Å². The molecule has 0 unspecified atom stereocenters. The van der Waals surface area contributed by atoms with Crippen molar-refractivity contribution in [3.05, 3.63) is 59.7 Å². The zero-order chi connectivity index (χ0) is 19.8. The van der Waals surface area contributed by atoms with Crippen LogP contribution in [0.3, 0.4) is 0 Å². The quantitative estimate of drug-likeness (QED) is 0.690. The van der Waals surface area contributed by atoms with Crippen LogP contribution in [0.1, 0.15) is 48.0 Å². The topological polar surface area (TPSA) is 58.6 Å². The average Bonchev–Trinajstić information content (AvgIpc) is 3.22. The van der Waals surface area contributed by atoms with Crippen LogP contribution in [0.2, 0.25) is 0 Å². The number of hydrogen-bond acceptors (Lipinski definition) is 3.